The van der Waals surface area contributed by atoms with Crippen LogP contribution in [-0.2, 0) is 11.3 Å². The van der Waals surface area contributed by atoms with Gasteiger partial charge in [-0.3, -0.25) is 9.69 Å². The van der Waals surface area contributed by atoms with Crippen LogP contribution in [0, 0.1) is 17.8 Å². The summed E-state index contributed by atoms with van der Waals surface area (Å²) >= 11 is 0. The summed E-state index contributed by atoms with van der Waals surface area (Å²) in [7, 11) is 1.75. The average Bonchev–Trinajstić information content (AvgIpc) is 3.23. The van der Waals surface area contributed by atoms with E-state index in [9.17, 15) is 4.79 Å². The van der Waals surface area contributed by atoms with Gasteiger partial charge in [0, 0.05) is 31.1 Å². The fourth-order valence-corrected chi connectivity index (χ4v) is 4.84. The van der Waals surface area contributed by atoms with Gasteiger partial charge in [-0.25, -0.2) is 0 Å². The smallest absolute Gasteiger partial charge is 0.225 e. The van der Waals surface area contributed by atoms with Gasteiger partial charge in [-0.2, -0.15) is 0 Å². The molecule has 0 aromatic heterocycles. The summed E-state index contributed by atoms with van der Waals surface area (Å²) in [5.41, 5.74) is 1.27. The van der Waals surface area contributed by atoms with E-state index in [1.165, 1.54) is 31.2 Å². The van der Waals surface area contributed by atoms with Gasteiger partial charge in [-0.05, 0) is 56.7 Å². The lowest BCUT2D eigenvalue weighted by Gasteiger charge is -2.36. The molecule has 0 radical (unpaired) electrons. The fourth-order valence-electron chi connectivity index (χ4n) is 4.84. The number of likely N-dealkylation sites (tertiary alicyclic amines) is 1. The second kappa shape index (κ2) is 10.3. The molecule has 0 bridgehead atoms. The van der Waals surface area contributed by atoms with Crippen molar-refractivity contribution in [3.05, 3.63) is 29.8 Å². The third-order valence-corrected chi connectivity index (χ3v) is 6.37. The van der Waals surface area contributed by atoms with E-state index < -0.39 is 0 Å². The van der Waals surface area contributed by atoms with Crippen LogP contribution < -0.4 is 4.74 Å². The molecule has 0 unspecified atom stereocenters. The highest BCUT2D eigenvalue weighted by molar-refractivity contribution is 5.79. The fraction of sp³-hybridized carbons (Fsp3) is 0.708. The zero-order valence-electron chi connectivity index (χ0n) is 18.0. The second-order valence-corrected chi connectivity index (χ2v) is 9.15. The number of ether oxygens (including phenoxy) is 1. The molecule has 3 rings (SSSR count). The van der Waals surface area contributed by atoms with Gasteiger partial charge < -0.3 is 9.64 Å². The molecule has 4 nitrogen and oxygen atoms in total. The number of hydrogen-bond acceptors (Lipinski definition) is 3. The molecule has 1 aromatic carbocycles. The van der Waals surface area contributed by atoms with E-state index in [0.29, 0.717) is 23.7 Å². The number of benzene rings is 1. The number of piperidine rings is 1. The standard InChI is InChI=1S/C24H38N2O2/c1-19(2)16-26(24(27)21-8-4-5-9-21)17-20-12-14-25(15-13-20)18-22-10-6-7-11-23(22)28-3/h6-7,10-11,19-21H,4-5,8-9,12-18H2,1-3H3. The van der Waals surface area contributed by atoms with Gasteiger partial charge in [0.1, 0.15) is 5.75 Å². The van der Waals surface area contributed by atoms with Crippen LogP contribution in [-0.4, -0.2) is 49.0 Å². The first-order valence-electron chi connectivity index (χ1n) is 11.2. The topological polar surface area (TPSA) is 32.8 Å². The third-order valence-electron chi connectivity index (χ3n) is 6.37. The molecule has 0 N–H and O–H groups in total. The lowest BCUT2D eigenvalue weighted by Crippen LogP contribution is -2.43. The molecule has 1 aliphatic carbocycles. The molecule has 1 saturated heterocycles. The Balaban J connectivity index is 1.51. The molecule has 1 amide bonds. The van der Waals surface area contributed by atoms with Gasteiger partial charge in [0.25, 0.3) is 0 Å². The molecule has 28 heavy (non-hydrogen) atoms. The van der Waals surface area contributed by atoms with Crippen molar-refractivity contribution in [3.63, 3.8) is 0 Å². The van der Waals surface area contributed by atoms with Crippen molar-refractivity contribution in [2.75, 3.05) is 33.3 Å². The van der Waals surface area contributed by atoms with Gasteiger partial charge in [0.15, 0.2) is 0 Å². The highest BCUT2D eigenvalue weighted by Crippen LogP contribution is 2.29. The van der Waals surface area contributed by atoms with Crippen LogP contribution in [0.2, 0.25) is 0 Å². The van der Waals surface area contributed by atoms with Gasteiger partial charge in [0.2, 0.25) is 5.91 Å². The van der Waals surface area contributed by atoms with Crippen molar-refractivity contribution in [2.24, 2.45) is 17.8 Å². The molecular formula is C24H38N2O2. The van der Waals surface area contributed by atoms with Crippen molar-refractivity contribution in [2.45, 2.75) is 58.9 Å². The predicted octanol–water partition coefficient (Wildman–Crippen LogP) is 4.58. The summed E-state index contributed by atoms with van der Waals surface area (Å²) in [4.78, 5) is 17.8. The lowest BCUT2D eigenvalue weighted by atomic mass is 9.94. The molecule has 0 atom stereocenters. The first-order chi connectivity index (χ1) is 13.6. The Morgan fingerprint density at radius 3 is 2.46 bits per heavy atom. The summed E-state index contributed by atoms with van der Waals surface area (Å²) < 4.78 is 5.50. The maximum absolute atomic E-state index is 13.0. The monoisotopic (exact) mass is 386 g/mol. The number of amides is 1. The highest BCUT2D eigenvalue weighted by Gasteiger charge is 2.30. The molecule has 2 fully saturated rings. The molecule has 1 aromatic rings. The molecular weight excluding hydrogens is 348 g/mol. The van der Waals surface area contributed by atoms with Crippen molar-refractivity contribution in [1.29, 1.82) is 0 Å². The van der Waals surface area contributed by atoms with Crippen LogP contribution in [0.3, 0.4) is 0 Å². The van der Waals surface area contributed by atoms with E-state index in [1.54, 1.807) is 7.11 Å². The average molecular weight is 387 g/mol. The number of rotatable bonds is 8. The van der Waals surface area contributed by atoms with Crippen LogP contribution >= 0.6 is 0 Å². The van der Waals surface area contributed by atoms with E-state index in [4.69, 9.17) is 4.74 Å². The van der Waals surface area contributed by atoms with E-state index in [1.807, 2.05) is 12.1 Å². The number of carbonyl (C=O) groups excluding carboxylic acids is 1. The van der Waals surface area contributed by atoms with Gasteiger partial charge in [-0.15, -0.1) is 0 Å². The molecule has 1 heterocycles. The van der Waals surface area contributed by atoms with Crippen molar-refractivity contribution < 1.29 is 9.53 Å². The minimum atomic E-state index is 0.296. The quantitative estimate of drug-likeness (QED) is 0.655. The van der Waals surface area contributed by atoms with E-state index in [2.05, 4.69) is 35.8 Å². The minimum absolute atomic E-state index is 0.296. The van der Waals surface area contributed by atoms with Crippen LogP contribution in [0.15, 0.2) is 24.3 Å². The summed E-state index contributed by atoms with van der Waals surface area (Å²) in [5, 5.41) is 0. The molecule has 1 aliphatic heterocycles. The third kappa shape index (κ3) is 5.73. The van der Waals surface area contributed by atoms with Gasteiger partial charge >= 0.3 is 0 Å². The Kier molecular flexibility index (Phi) is 7.78. The Labute approximate surface area is 171 Å². The van der Waals surface area contributed by atoms with E-state index in [0.717, 1.165) is 51.3 Å². The first kappa shape index (κ1) is 21.2. The molecule has 156 valence electrons. The second-order valence-electron chi connectivity index (χ2n) is 9.15. The minimum Gasteiger partial charge on any atom is -0.496 e. The van der Waals surface area contributed by atoms with Crippen LogP contribution in [0.1, 0.15) is 57.9 Å². The first-order valence-corrected chi connectivity index (χ1v) is 11.2. The Morgan fingerprint density at radius 2 is 1.82 bits per heavy atom. The SMILES string of the molecule is COc1ccccc1CN1CCC(CN(CC(C)C)C(=O)C2CCCC2)CC1. The largest absolute Gasteiger partial charge is 0.496 e. The number of para-hydroxylation sites is 1. The molecule has 1 saturated carbocycles. The lowest BCUT2D eigenvalue weighted by molar-refractivity contribution is -0.136. The van der Waals surface area contributed by atoms with Crippen molar-refractivity contribution >= 4 is 5.91 Å². The number of hydrogen-bond donors (Lipinski definition) is 0. The Morgan fingerprint density at radius 1 is 1.14 bits per heavy atom. The predicted molar refractivity (Wildman–Crippen MR) is 114 cm³/mol. The van der Waals surface area contributed by atoms with Crippen molar-refractivity contribution in [3.8, 4) is 5.75 Å². The van der Waals surface area contributed by atoms with Crippen LogP contribution in [0.25, 0.3) is 0 Å². The summed E-state index contributed by atoms with van der Waals surface area (Å²) in [5.74, 6) is 2.89. The number of nitrogens with zero attached hydrogens (tertiary/aromatic N) is 2. The molecule has 0 spiro atoms. The van der Waals surface area contributed by atoms with Crippen LogP contribution in [0.5, 0.6) is 5.75 Å². The van der Waals surface area contributed by atoms with E-state index >= 15 is 0 Å². The highest BCUT2D eigenvalue weighted by atomic mass is 16.5. The number of methoxy groups -OCH3 is 1. The van der Waals surface area contributed by atoms with E-state index in [-0.39, 0.29) is 0 Å². The normalized spacial score (nSPS) is 19.3. The molecule has 4 heteroatoms. The zero-order valence-corrected chi connectivity index (χ0v) is 18.0. The van der Waals surface area contributed by atoms with Crippen molar-refractivity contribution in [1.82, 2.24) is 9.80 Å². The van der Waals surface area contributed by atoms with Crippen LogP contribution in [0.4, 0.5) is 0 Å². The summed E-state index contributed by atoms with van der Waals surface area (Å²) in [6.07, 6.45) is 7.03. The Bertz CT molecular complexity index is 617. The summed E-state index contributed by atoms with van der Waals surface area (Å²) in [6, 6.07) is 8.32. The summed E-state index contributed by atoms with van der Waals surface area (Å²) in [6.45, 7) is 9.49. The van der Waals surface area contributed by atoms with Gasteiger partial charge in [0.05, 0.1) is 7.11 Å². The maximum atomic E-state index is 13.0. The van der Waals surface area contributed by atoms with Gasteiger partial charge in [-0.1, -0.05) is 44.9 Å². The Hall–Kier alpha value is -1.55. The molecule has 2 aliphatic rings. The zero-order chi connectivity index (χ0) is 19.9. The maximum Gasteiger partial charge on any atom is 0.225 e. The number of carbonyl (C=O) groups is 1.